The van der Waals surface area contributed by atoms with E-state index in [4.69, 9.17) is 4.74 Å². The molecular formula is C14H19NO3. The lowest BCUT2D eigenvalue weighted by molar-refractivity contribution is -0.144. The number of ether oxygens (including phenoxy) is 1. The van der Waals surface area contributed by atoms with Gasteiger partial charge in [0.05, 0.1) is 6.61 Å². The van der Waals surface area contributed by atoms with E-state index in [9.17, 15) is 9.70 Å². The lowest BCUT2D eigenvalue weighted by Crippen LogP contribution is -2.21. The molecule has 18 heavy (non-hydrogen) atoms. The van der Waals surface area contributed by atoms with Crippen LogP contribution in [0.15, 0.2) is 23.4 Å². The van der Waals surface area contributed by atoms with Crippen molar-refractivity contribution in [3.05, 3.63) is 39.8 Å². The fourth-order valence-electron chi connectivity index (χ4n) is 1.87. The van der Waals surface area contributed by atoms with Gasteiger partial charge < -0.3 is 4.74 Å². The number of hydrogen-bond donors (Lipinski definition) is 0. The van der Waals surface area contributed by atoms with Gasteiger partial charge in [0.2, 0.25) is 0 Å². The minimum Gasteiger partial charge on any atom is -0.464 e. The fraction of sp³-hybridized carbons (Fsp3) is 0.500. The van der Waals surface area contributed by atoms with Gasteiger partial charge in [-0.05, 0) is 44.7 Å². The molecule has 0 saturated heterocycles. The number of benzene rings is 1. The summed E-state index contributed by atoms with van der Waals surface area (Å²) in [5.74, 6) is -0.530. The Bertz CT molecular complexity index is 429. The monoisotopic (exact) mass is 249 g/mol. The quantitative estimate of drug-likeness (QED) is 0.575. The third-order valence-electron chi connectivity index (χ3n) is 2.87. The summed E-state index contributed by atoms with van der Waals surface area (Å²) >= 11 is 0. The number of carbonyl (C=O) groups excluding carboxylic acids is 1. The molecule has 0 fully saturated rings. The van der Waals surface area contributed by atoms with E-state index in [2.05, 4.69) is 11.2 Å². The first-order valence-corrected chi connectivity index (χ1v) is 6.13. The van der Waals surface area contributed by atoms with Gasteiger partial charge in [0.15, 0.2) is 6.04 Å². The molecule has 98 valence electrons. The minimum absolute atomic E-state index is 0.272. The SMILES string of the molecule is CCOC(=O)C(CCc1ccc(C)cc1C)N=O. The molecule has 0 amide bonds. The molecule has 0 aliphatic carbocycles. The summed E-state index contributed by atoms with van der Waals surface area (Å²) in [5, 5.41) is 2.84. The van der Waals surface area contributed by atoms with E-state index < -0.39 is 12.0 Å². The number of rotatable bonds is 6. The largest absolute Gasteiger partial charge is 0.464 e. The van der Waals surface area contributed by atoms with Crippen molar-refractivity contribution in [2.45, 2.75) is 39.7 Å². The lowest BCUT2D eigenvalue weighted by atomic mass is 9.99. The summed E-state index contributed by atoms with van der Waals surface area (Å²) in [6.45, 7) is 6.04. The first kappa shape index (κ1) is 14.4. The minimum atomic E-state index is -0.898. The van der Waals surface area contributed by atoms with Crippen LogP contribution in [-0.2, 0) is 16.0 Å². The van der Waals surface area contributed by atoms with Gasteiger partial charge in [-0.1, -0.05) is 28.9 Å². The third kappa shape index (κ3) is 3.95. The molecule has 0 bridgehead atoms. The Labute approximate surface area is 107 Å². The standard InChI is InChI=1S/C14H19NO3/c1-4-18-14(16)13(15-17)8-7-12-6-5-10(2)9-11(12)3/h5-6,9,13H,4,7-8H2,1-3H3. The highest BCUT2D eigenvalue weighted by Crippen LogP contribution is 2.14. The average Bonchev–Trinajstić information content (AvgIpc) is 2.32. The first-order valence-electron chi connectivity index (χ1n) is 6.13. The highest BCUT2D eigenvalue weighted by molar-refractivity contribution is 5.75. The predicted octanol–water partition coefficient (Wildman–Crippen LogP) is 2.93. The predicted molar refractivity (Wildman–Crippen MR) is 70.5 cm³/mol. The Kier molecular flexibility index (Phi) is 5.49. The highest BCUT2D eigenvalue weighted by Gasteiger charge is 2.20. The van der Waals surface area contributed by atoms with Gasteiger partial charge in [-0.15, -0.1) is 4.91 Å². The van der Waals surface area contributed by atoms with Crippen LogP contribution in [0, 0.1) is 18.8 Å². The van der Waals surface area contributed by atoms with E-state index in [1.807, 2.05) is 26.0 Å². The second kappa shape index (κ2) is 6.89. The van der Waals surface area contributed by atoms with E-state index in [0.717, 1.165) is 5.56 Å². The summed E-state index contributed by atoms with van der Waals surface area (Å²) in [6.07, 6.45) is 1.05. The Morgan fingerprint density at radius 3 is 2.67 bits per heavy atom. The van der Waals surface area contributed by atoms with Crippen LogP contribution >= 0.6 is 0 Å². The van der Waals surface area contributed by atoms with Crippen LogP contribution in [0.2, 0.25) is 0 Å². The topological polar surface area (TPSA) is 55.7 Å². The van der Waals surface area contributed by atoms with E-state index >= 15 is 0 Å². The molecule has 0 aliphatic rings. The second-order valence-corrected chi connectivity index (χ2v) is 4.34. The van der Waals surface area contributed by atoms with Gasteiger partial charge in [-0.2, -0.15) is 0 Å². The van der Waals surface area contributed by atoms with Crippen molar-refractivity contribution in [1.29, 1.82) is 0 Å². The van der Waals surface area contributed by atoms with Gasteiger partial charge in [0.1, 0.15) is 0 Å². The number of nitrogens with zero attached hydrogens (tertiary/aromatic N) is 1. The molecule has 1 aromatic carbocycles. The van der Waals surface area contributed by atoms with E-state index in [-0.39, 0.29) is 6.61 Å². The molecule has 0 aliphatic heterocycles. The number of nitroso groups, excluding NO2 is 1. The molecule has 1 aromatic rings. The van der Waals surface area contributed by atoms with Crippen molar-refractivity contribution in [3.63, 3.8) is 0 Å². The first-order chi connectivity index (χ1) is 8.58. The van der Waals surface area contributed by atoms with Crippen molar-refractivity contribution >= 4 is 5.97 Å². The number of esters is 1. The summed E-state index contributed by atoms with van der Waals surface area (Å²) in [7, 11) is 0. The third-order valence-corrected chi connectivity index (χ3v) is 2.87. The Hall–Kier alpha value is -1.71. The highest BCUT2D eigenvalue weighted by atomic mass is 16.5. The molecule has 1 rings (SSSR count). The Morgan fingerprint density at radius 1 is 1.39 bits per heavy atom. The van der Waals surface area contributed by atoms with Crippen LogP contribution in [0.1, 0.15) is 30.0 Å². The molecule has 0 saturated carbocycles. The molecule has 1 unspecified atom stereocenters. The molecule has 0 N–H and O–H groups in total. The van der Waals surface area contributed by atoms with E-state index in [1.165, 1.54) is 11.1 Å². The van der Waals surface area contributed by atoms with Crippen LogP contribution in [-0.4, -0.2) is 18.6 Å². The lowest BCUT2D eigenvalue weighted by Gasteiger charge is -2.10. The van der Waals surface area contributed by atoms with E-state index in [1.54, 1.807) is 6.92 Å². The zero-order chi connectivity index (χ0) is 13.5. The van der Waals surface area contributed by atoms with Crippen LogP contribution in [0.4, 0.5) is 0 Å². The second-order valence-electron chi connectivity index (χ2n) is 4.34. The van der Waals surface area contributed by atoms with Crippen LogP contribution in [0.25, 0.3) is 0 Å². The molecule has 4 nitrogen and oxygen atoms in total. The normalized spacial score (nSPS) is 11.9. The van der Waals surface area contributed by atoms with Crippen molar-refractivity contribution in [1.82, 2.24) is 0 Å². The molecule has 4 heteroatoms. The van der Waals surface area contributed by atoms with E-state index in [0.29, 0.717) is 12.8 Å². The average molecular weight is 249 g/mol. The molecular weight excluding hydrogens is 230 g/mol. The van der Waals surface area contributed by atoms with Gasteiger partial charge in [-0.25, -0.2) is 4.79 Å². The Morgan fingerprint density at radius 2 is 2.11 bits per heavy atom. The van der Waals surface area contributed by atoms with Crippen LogP contribution in [0.3, 0.4) is 0 Å². The Balaban J connectivity index is 2.62. The van der Waals surface area contributed by atoms with Gasteiger partial charge >= 0.3 is 5.97 Å². The van der Waals surface area contributed by atoms with Gasteiger partial charge in [0, 0.05) is 0 Å². The van der Waals surface area contributed by atoms with Crippen molar-refractivity contribution in [3.8, 4) is 0 Å². The fourth-order valence-corrected chi connectivity index (χ4v) is 1.87. The molecule has 0 radical (unpaired) electrons. The van der Waals surface area contributed by atoms with Crippen LogP contribution in [0.5, 0.6) is 0 Å². The number of aryl methyl sites for hydroxylation is 3. The smallest absolute Gasteiger partial charge is 0.334 e. The number of hydrogen-bond acceptors (Lipinski definition) is 4. The van der Waals surface area contributed by atoms with Crippen molar-refractivity contribution < 1.29 is 9.53 Å². The summed E-state index contributed by atoms with van der Waals surface area (Å²) in [6, 6.07) is 5.24. The molecule has 0 aromatic heterocycles. The molecule has 1 atom stereocenters. The summed E-state index contributed by atoms with van der Waals surface area (Å²) < 4.78 is 4.80. The zero-order valence-electron chi connectivity index (χ0n) is 11.1. The van der Waals surface area contributed by atoms with Crippen molar-refractivity contribution in [2.24, 2.45) is 5.18 Å². The maximum Gasteiger partial charge on any atom is 0.334 e. The summed E-state index contributed by atoms with van der Waals surface area (Å²) in [5.41, 5.74) is 3.51. The van der Waals surface area contributed by atoms with Crippen molar-refractivity contribution in [2.75, 3.05) is 6.61 Å². The molecule has 0 spiro atoms. The van der Waals surface area contributed by atoms with Crippen LogP contribution < -0.4 is 0 Å². The molecule has 0 heterocycles. The van der Waals surface area contributed by atoms with Gasteiger partial charge in [0.25, 0.3) is 0 Å². The maximum atomic E-state index is 11.4. The zero-order valence-corrected chi connectivity index (χ0v) is 11.1. The number of carbonyl (C=O) groups is 1. The summed E-state index contributed by atoms with van der Waals surface area (Å²) in [4.78, 5) is 22.0. The van der Waals surface area contributed by atoms with Gasteiger partial charge in [-0.3, -0.25) is 0 Å². The maximum absolute atomic E-state index is 11.4.